The summed E-state index contributed by atoms with van der Waals surface area (Å²) in [6.45, 7) is 0. The first-order valence-corrected chi connectivity index (χ1v) is 6.92. The highest BCUT2D eigenvalue weighted by molar-refractivity contribution is 7.85. The average Bonchev–Trinajstić information content (AvgIpc) is 3.04. The Kier molecular flexibility index (Phi) is 3.58. The number of hydrogen-bond donors (Lipinski definition) is 3. The van der Waals surface area contributed by atoms with Crippen LogP contribution in [0, 0.1) is 0 Å². The summed E-state index contributed by atoms with van der Waals surface area (Å²) < 4.78 is 11.2. The van der Waals surface area contributed by atoms with Crippen molar-refractivity contribution < 1.29 is 4.21 Å². The van der Waals surface area contributed by atoms with Gasteiger partial charge in [0.2, 0.25) is 5.96 Å². The molecule has 2 fully saturated rings. The number of guanidine groups is 1. The van der Waals surface area contributed by atoms with Crippen LogP contribution in [0.15, 0.2) is 4.99 Å². The van der Waals surface area contributed by atoms with Gasteiger partial charge in [0.1, 0.15) is 0 Å². The van der Waals surface area contributed by atoms with Crippen LogP contribution < -0.4 is 16.6 Å². The van der Waals surface area contributed by atoms with Crippen molar-refractivity contribution in [2.75, 3.05) is 11.5 Å². The van der Waals surface area contributed by atoms with E-state index in [2.05, 4.69) is 15.7 Å². The SMILES string of the molecule is NNC(=NC1CCS(=O)CC1)NC1CC1. The maximum atomic E-state index is 11.2. The van der Waals surface area contributed by atoms with E-state index in [9.17, 15) is 4.21 Å². The number of hydrazine groups is 1. The van der Waals surface area contributed by atoms with Crippen LogP contribution in [0.4, 0.5) is 0 Å². The zero-order valence-corrected chi connectivity index (χ0v) is 9.55. The van der Waals surface area contributed by atoms with E-state index in [-0.39, 0.29) is 6.04 Å². The molecular weight excluding hydrogens is 212 g/mol. The molecule has 0 bridgehead atoms. The maximum Gasteiger partial charge on any atom is 0.206 e. The summed E-state index contributed by atoms with van der Waals surface area (Å²) in [5, 5.41) is 3.24. The highest BCUT2D eigenvalue weighted by Gasteiger charge is 2.23. The lowest BCUT2D eigenvalue weighted by molar-refractivity contribution is 0.592. The molecule has 0 amide bonds. The van der Waals surface area contributed by atoms with Crippen LogP contribution in [0.2, 0.25) is 0 Å². The third kappa shape index (κ3) is 3.46. The first kappa shape index (κ1) is 10.9. The number of aliphatic imine (C=N–C) groups is 1. The van der Waals surface area contributed by atoms with Gasteiger partial charge in [-0.15, -0.1) is 0 Å². The van der Waals surface area contributed by atoms with Gasteiger partial charge in [-0.2, -0.15) is 0 Å². The Balaban J connectivity index is 1.85. The molecule has 0 aromatic rings. The Hall–Kier alpha value is -0.620. The van der Waals surface area contributed by atoms with E-state index in [4.69, 9.17) is 5.84 Å². The number of nitrogens with two attached hydrogens (primary N) is 1. The van der Waals surface area contributed by atoms with E-state index >= 15 is 0 Å². The Morgan fingerprint density at radius 2 is 1.93 bits per heavy atom. The lowest BCUT2D eigenvalue weighted by Gasteiger charge is -2.19. The number of nitrogens with zero attached hydrogens (tertiary/aromatic N) is 1. The Bertz CT molecular complexity index is 267. The molecule has 4 N–H and O–H groups in total. The van der Waals surface area contributed by atoms with E-state index < -0.39 is 10.8 Å². The Morgan fingerprint density at radius 3 is 2.47 bits per heavy atom. The predicted octanol–water partition coefficient (Wildman–Crippen LogP) is -0.531. The van der Waals surface area contributed by atoms with Crippen molar-refractivity contribution in [1.82, 2.24) is 10.7 Å². The zero-order valence-electron chi connectivity index (χ0n) is 8.74. The van der Waals surface area contributed by atoms with Gasteiger partial charge in [0.25, 0.3) is 0 Å². The van der Waals surface area contributed by atoms with E-state index in [0.29, 0.717) is 12.0 Å². The summed E-state index contributed by atoms with van der Waals surface area (Å²) in [5.74, 6) is 7.63. The van der Waals surface area contributed by atoms with Gasteiger partial charge >= 0.3 is 0 Å². The molecule has 0 unspecified atom stereocenters. The van der Waals surface area contributed by atoms with E-state index in [0.717, 1.165) is 24.3 Å². The third-order valence-corrected chi connectivity index (χ3v) is 4.11. The zero-order chi connectivity index (χ0) is 10.7. The van der Waals surface area contributed by atoms with Crippen LogP contribution in [0.1, 0.15) is 25.7 Å². The molecule has 1 aliphatic heterocycles. The fourth-order valence-electron chi connectivity index (χ4n) is 1.63. The van der Waals surface area contributed by atoms with E-state index in [1.54, 1.807) is 0 Å². The summed E-state index contributed by atoms with van der Waals surface area (Å²) in [7, 11) is -0.617. The Morgan fingerprint density at radius 1 is 1.27 bits per heavy atom. The molecule has 0 aromatic carbocycles. The molecule has 0 aromatic heterocycles. The fraction of sp³-hybridized carbons (Fsp3) is 0.889. The average molecular weight is 230 g/mol. The first-order valence-electron chi connectivity index (χ1n) is 5.44. The lowest BCUT2D eigenvalue weighted by Crippen LogP contribution is -2.43. The van der Waals surface area contributed by atoms with Crippen LogP contribution in [0.25, 0.3) is 0 Å². The molecule has 2 rings (SSSR count). The maximum absolute atomic E-state index is 11.2. The van der Waals surface area contributed by atoms with Gasteiger partial charge in [-0.05, 0) is 25.7 Å². The smallest absolute Gasteiger partial charge is 0.206 e. The molecule has 2 aliphatic rings. The molecule has 86 valence electrons. The van der Waals surface area contributed by atoms with Crippen LogP contribution in [-0.4, -0.2) is 33.8 Å². The van der Waals surface area contributed by atoms with Crippen molar-refractivity contribution >= 4 is 16.8 Å². The molecule has 1 saturated heterocycles. The molecule has 1 heterocycles. The van der Waals surface area contributed by atoms with Crippen molar-refractivity contribution in [3.63, 3.8) is 0 Å². The second-order valence-electron chi connectivity index (χ2n) is 4.12. The number of hydrogen-bond acceptors (Lipinski definition) is 3. The first-order chi connectivity index (χ1) is 7.28. The molecule has 15 heavy (non-hydrogen) atoms. The van der Waals surface area contributed by atoms with E-state index in [1.165, 1.54) is 12.8 Å². The summed E-state index contributed by atoms with van der Waals surface area (Å²) in [6.07, 6.45) is 4.22. The lowest BCUT2D eigenvalue weighted by atomic mass is 10.2. The van der Waals surface area contributed by atoms with Crippen LogP contribution in [0.5, 0.6) is 0 Å². The minimum absolute atomic E-state index is 0.278. The normalized spacial score (nSPS) is 32.5. The fourth-order valence-corrected chi connectivity index (χ4v) is 2.90. The number of rotatable bonds is 2. The second-order valence-corrected chi connectivity index (χ2v) is 5.82. The van der Waals surface area contributed by atoms with Gasteiger partial charge in [0, 0.05) is 28.3 Å². The van der Waals surface area contributed by atoms with Crippen molar-refractivity contribution in [2.45, 2.75) is 37.8 Å². The van der Waals surface area contributed by atoms with Gasteiger partial charge < -0.3 is 5.32 Å². The highest BCUT2D eigenvalue weighted by Crippen LogP contribution is 2.19. The molecule has 0 spiro atoms. The third-order valence-electron chi connectivity index (χ3n) is 2.72. The molecular formula is C9H18N4OS. The Labute approximate surface area is 92.3 Å². The standard InChI is InChI=1S/C9H18N4OS/c10-13-9(11-7-1-2-7)12-8-3-5-15(14)6-4-8/h7-8H,1-6,10H2,(H2,11,12,13). The monoisotopic (exact) mass is 230 g/mol. The van der Waals surface area contributed by atoms with Crippen molar-refractivity contribution in [3.8, 4) is 0 Å². The van der Waals surface area contributed by atoms with Crippen LogP contribution >= 0.6 is 0 Å². The van der Waals surface area contributed by atoms with Gasteiger partial charge in [0.15, 0.2) is 0 Å². The predicted molar refractivity (Wildman–Crippen MR) is 61.8 cm³/mol. The topological polar surface area (TPSA) is 79.5 Å². The minimum atomic E-state index is -0.617. The van der Waals surface area contributed by atoms with Crippen molar-refractivity contribution in [3.05, 3.63) is 0 Å². The quantitative estimate of drug-likeness (QED) is 0.258. The summed E-state index contributed by atoms with van der Waals surface area (Å²) >= 11 is 0. The molecule has 6 heteroatoms. The second kappa shape index (κ2) is 4.94. The molecule has 0 atom stereocenters. The van der Waals surface area contributed by atoms with Crippen LogP contribution in [-0.2, 0) is 10.8 Å². The van der Waals surface area contributed by atoms with Gasteiger partial charge in [-0.1, -0.05) is 0 Å². The summed E-state index contributed by atoms with van der Waals surface area (Å²) in [5.41, 5.74) is 2.59. The van der Waals surface area contributed by atoms with E-state index in [1.807, 2.05) is 0 Å². The molecule has 0 radical (unpaired) electrons. The van der Waals surface area contributed by atoms with Crippen molar-refractivity contribution in [2.24, 2.45) is 10.8 Å². The molecule has 1 aliphatic carbocycles. The van der Waals surface area contributed by atoms with Gasteiger partial charge in [-0.25, -0.2) is 10.8 Å². The molecule has 1 saturated carbocycles. The largest absolute Gasteiger partial charge is 0.353 e. The summed E-state index contributed by atoms with van der Waals surface area (Å²) in [4.78, 5) is 4.50. The number of nitrogens with one attached hydrogen (secondary N) is 2. The van der Waals surface area contributed by atoms with Gasteiger partial charge in [-0.3, -0.25) is 9.63 Å². The van der Waals surface area contributed by atoms with Gasteiger partial charge in [0.05, 0.1) is 6.04 Å². The van der Waals surface area contributed by atoms with Crippen molar-refractivity contribution in [1.29, 1.82) is 0 Å². The molecule has 5 nitrogen and oxygen atoms in total. The minimum Gasteiger partial charge on any atom is -0.353 e. The highest BCUT2D eigenvalue weighted by atomic mass is 32.2. The van der Waals surface area contributed by atoms with Crippen LogP contribution in [0.3, 0.4) is 0 Å². The summed E-state index contributed by atoms with van der Waals surface area (Å²) in [6, 6.07) is 0.831.